The third kappa shape index (κ3) is 10.3. The molecule has 0 bridgehead atoms. The monoisotopic (exact) mass is 694 g/mol. The van der Waals surface area contributed by atoms with Crippen LogP contribution in [0.4, 0.5) is 5.69 Å². The number of aryl methyl sites for hydroxylation is 2. The third-order valence-electron chi connectivity index (χ3n) is 8.49. The van der Waals surface area contributed by atoms with Gasteiger partial charge in [-0.15, -0.1) is 11.5 Å². The summed E-state index contributed by atoms with van der Waals surface area (Å²) < 4.78 is 1.89. The summed E-state index contributed by atoms with van der Waals surface area (Å²) in [6.45, 7) is 27.6. The molecule has 0 N–H and O–H groups in total. The number of rotatable bonds is 5. The van der Waals surface area contributed by atoms with Crippen molar-refractivity contribution in [1.82, 2.24) is 9.55 Å². The first-order valence-electron chi connectivity index (χ1n) is 16.5. The molecular weight excluding hydrogens is 638 g/mol. The molecule has 260 valence electrons. The number of benzene rings is 3. The minimum atomic E-state index is -0.338. The van der Waals surface area contributed by atoms with Gasteiger partial charge in [-0.25, -0.2) is 4.98 Å². The fourth-order valence-corrected chi connectivity index (χ4v) is 5.43. The molecule has 7 heteroatoms. The van der Waals surface area contributed by atoms with Crippen molar-refractivity contribution in [2.24, 2.45) is 7.05 Å². The van der Waals surface area contributed by atoms with E-state index in [0.717, 1.165) is 27.8 Å². The number of imidazole rings is 1. The summed E-state index contributed by atoms with van der Waals surface area (Å²) in [5, 5.41) is 41.1. The first kappa shape index (κ1) is 40.8. The van der Waals surface area contributed by atoms with Crippen LogP contribution >= 0.6 is 0 Å². The molecule has 6 nitrogen and oxygen atoms in total. The van der Waals surface area contributed by atoms with Crippen molar-refractivity contribution >= 4 is 5.69 Å². The first-order chi connectivity index (χ1) is 21.4. The van der Waals surface area contributed by atoms with E-state index in [0.29, 0.717) is 16.8 Å². The van der Waals surface area contributed by atoms with Crippen LogP contribution in [0, 0.1) is 6.92 Å². The van der Waals surface area contributed by atoms with E-state index in [4.69, 9.17) is 0 Å². The van der Waals surface area contributed by atoms with Gasteiger partial charge in [-0.3, -0.25) is 0 Å². The van der Waals surface area contributed by atoms with E-state index in [2.05, 4.69) is 88.1 Å². The van der Waals surface area contributed by atoms with Crippen molar-refractivity contribution < 1.29 is 32.4 Å². The van der Waals surface area contributed by atoms with Crippen molar-refractivity contribution in [2.45, 2.75) is 125 Å². The second-order valence-electron chi connectivity index (χ2n) is 17.1. The average molecular weight is 695 g/mol. The van der Waals surface area contributed by atoms with E-state index in [-0.39, 0.29) is 69.1 Å². The van der Waals surface area contributed by atoms with E-state index in [1.165, 1.54) is 0 Å². The Kier molecular flexibility index (Phi) is 12.7. The molecule has 0 spiro atoms. The number of aromatic nitrogens is 2. The van der Waals surface area contributed by atoms with Gasteiger partial charge in [0.15, 0.2) is 0 Å². The number of hydrogen-bond acceptors (Lipinski definition) is 5. The summed E-state index contributed by atoms with van der Waals surface area (Å²) in [5.74, 6) is -0.130. The Morgan fingerprint density at radius 3 is 1.40 bits per heavy atom. The fourth-order valence-electron chi connectivity index (χ4n) is 5.43. The molecule has 0 fully saturated rings. The SMILES string of the molecule is Cc1ccc([O-])c(N(Cc2cc(C(C)(C)C)cc(C(C)(C)C)c2[O-])Cc2cc(C(C)(C)C)cc(C(C)(C)C)c2[O-])c1.Cn1ccnc1.[Fe+4]. The van der Waals surface area contributed by atoms with Crippen LogP contribution in [0.2, 0.25) is 0 Å². The molecule has 0 aliphatic heterocycles. The van der Waals surface area contributed by atoms with Gasteiger partial charge < -0.3 is 24.8 Å². The molecule has 0 unspecified atom stereocenters. The molecule has 4 rings (SSSR count). The standard InChI is InChI=1S/C37H53NO3.C4H6N2.Fe/c1-23-14-15-31(39)30(16-23)38(21-24-17-26(34(2,3)4)19-28(32(24)40)36(8,9)10)22-25-18-27(35(5,6)7)20-29(33(25)41)37(11,12)13;1-6-3-2-5-4-6;/h14-20,39-41H,21-22H2,1-13H3;2-4H,1H3;/q;;+4/p-3. The molecule has 1 heterocycles. The molecule has 0 atom stereocenters. The molecule has 0 aliphatic carbocycles. The maximum absolute atomic E-state index is 13.9. The van der Waals surface area contributed by atoms with E-state index in [1.807, 2.05) is 60.0 Å². The van der Waals surface area contributed by atoms with E-state index < -0.39 is 0 Å². The molecular formula is C41H56FeN3O3+. The average Bonchev–Trinajstić information content (AvgIpc) is 3.40. The summed E-state index contributed by atoms with van der Waals surface area (Å²) in [6.07, 6.45) is 5.39. The van der Waals surface area contributed by atoms with Gasteiger partial charge in [-0.1, -0.05) is 125 Å². The Morgan fingerprint density at radius 2 is 1.08 bits per heavy atom. The number of nitrogens with zero attached hydrogens (tertiary/aromatic N) is 3. The smallest absolute Gasteiger partial charge is 0.872 e. The Hall–Kier alpha value is -3.41. The van der Waals surface area contributed by atoms with Crippen LogP contribution in [0.5, 0.6) is 17.2 Å². The van der Waals surface area contributed by atoms with Gasteiger partial charge in [0.25, 0.3) is 0 Å². The van der Waals surface area contributed by atoms with Crippen molar-refractivity contribution in [3.05, 3.63) is 100 Å². The van der Waals surface area contributed by atoms with E-state index >= 15 is 0 Å². The largest absolute Gasteiger partial charge is 4.00 e. The van der Waals surface area contributed by atoms with Gasteiger partial charge in [0.2, 0.25) is 0 Å². The summed E-state index contributed by atoms with van der Waals surface area (Å²) in [5.41, 5.74) is 5.42. The molecule has 0 saturated carbocycles. The Bertz CT molecular complexity index is 1580. The third-order valence-corrected chi connectivity index (χ3v) is 8.49. The minimum Gasteiger partial charge on any atom is -0.872 e. The normalized spacial score (nSPS) is 12.2. The molecule has 0 amide bonds. The fraction of sp³-hybridized carbons (Fsp3) is 0.488. The molecule has 0 saturated heterocycles. The molecule has 4 aromatic rings. The minimum absolute atomic E-state index is 0. The van der Waals surface area contributed by atoms with Gasteiger partial charge in [0.05, 0.1) is 6.33 Å². The zero-order chi connectivity index (χ0) is 35.7. The van der Waals surface area contributed by atoms with Gasteiger partial charge in [0, 0.05) is 38.2 Å². The van der Waals surface area contributed by atoms with Crippen molar-refractivity contribution in [1.29, 1.82) is 0 Å². The van der Waals surface area contributed by atoms with Gasteiger partial charge in [-0.05, 0) is 73.6 Å². The second kappa shape index (κ2) is 15.0. The molecule has 48 heavy (non-hydrogen) atoms. The van der Waals surface area contributed by atoms with Crippen LogP contribution in [0.1, 0.15) is 122 Å². The summed E-state index contributed by atoms with van der Waals surface area (Å²) >= 11 is 0. The zero-order valence-electron chi connectivity index (χ0n) is 31.6. The van der Waals surface area contributed by atoms with Crippen molar-refractivity contribution in [3.8, 4) is 17.2 Å². The van der Waals surface area contributed by atoms with Crippen LogP contribution in [0.3, 0.4) is 0 Å². The molecule has 0 aliphatic rings. The second-order valence-corrected chi connectivity index (χ2v) is 17.1. The van der Waals surface area contributed by atoms with Gasteiger partial charge >= 0.3 is 17.1 Å². The van der Waals surface area contributed by atoms with Crippen LogP contribution in [0.25, 0.3) is 0 Å². The summed E-state index contributed by atoms with van der Waals surface area (Å²) in [4.78, 5) is 5.72. The van der Waals surface area contributed by atoms with Gasteiger partial charge in [-0.2, -0.15) is 0 Å². The van der Waals surface area contributed by atoms with Crippen molar-refractivity contribution in [2.75, 3.05) is 4.90 Å². The van der Waals surface area contributed by atoms with Gasteiger partial charge in [0.1, 0.15) is 0 Å². The first-order valence-corrected chi connectivity index (χ1v) is 16.5. The maximum Gasteiger partial charge on any atom is 4.00 e. The Morgan fingerprint density at radius 1 is 0.646 bits per heavy atom. The Balaban J connectivity index is 0.00000103. The zero-order valence-corrected chi connectivity index (χ0v) is 32.7. The maximum atomic E-state index is 13.9. The molecule has 3 aromatic carbocycles. The van der Waals surface area contributed by atoms with Crippen molar-refractivity contribution in [3.63, 3.8) is 0 Å². The molecule has 0 radical (unpaired) electrons. The van der Waals surface area contributed by atoms with Crippen LogP contribution in [-0.4, -0.2) is 9.55 Å². The van der Waals surface area contributed by atoms with Crippen LogP contribution < -0.4 is 20.2 Å². The van der Waals surface area contributed by atoms with E-state index in [1.54, 1.807) is 24.7 Å². The number of anilines is 1. The summed E-state index contributed by atoms with van der Waals surface area (Å²) in [7, 11) is 1.94. The van der Waals surface area contributed by atoms with Crippen LogP contribution in [0.15, 0.2) is 61.2 Å². The molecule has 1 aromatic heterocycles. The predicted molar refractivity (Wildman–Crippen MR) is 190 cm³/mol. The summed E-state index contributed by atoms with van der Waals surface area (Å²) in [6, 6.07) is 13.3. The Labute approximate surface area is 300 Å². The van der Waals surface area contributed by atoms with Crippen LogP contribution in [-0.2, 0) is 58.9 Å². The predicted octanol–water partition coefficient (Wildman–Crippen LogP) is 8.03. The quantitative estimate of drug-likeness (QED) is 0.198. The van der Waals surface area contributed by atoms with E-state index in [9.17, 15) is 15.3 Å². The topological polar surface area (TPSA) is 90.2 Å². The number of hydrogen-bond donors (Lipinski definition) is 0.